The van der Waals surface area contributed by atoms with Crippen molar-refractivity contribution in [2.45, 2.75) is 19.0 Å². The highest BCUT2D eigenvalue weighted by Gasteiger charge is 2.25. The van der Waals surface area contributed by atoms with E-state index < -0.39 is 0 Å². The molecule has 1 heterocycles. The molecule has 5 nitrogen and oxygen atoms in total. The summed E-state index contributed by atoms with van der Waals surface area (Å²) in [6.07, 6.45) is 0. The normalized spacial score (nSPS) is 27.1. The quantitative estimate of drug-likeness (QED) is 0.480. The summed E-state index contributed by atoms with van der Waals surface area (Å²) in [4.78, 5) is 12.8. The van der Waals surface area contributed by atoms with Crippen molar-refractivity contribution in [2.75, 3.05) is 26.2 Å². The zero-order valence-electron chi connectivity index (χ0n) is 7.99. The van der Waals surface area contributed by atoms with Crippen LogP contribution in [-0.4, -0.2) is 49.1 Å². The molecule has 0 bridgehead atoms. The van der Waals surface area contributed by atoms with Gasteiger partial charge in [0.1, 0.15) is 0 Å². The minimum atomic E-state index is -0.285. The van der Waals surface area contributed by atoms with Crippen molar-refractivity contribution < 1.29 is 4.79 Å². The summed E-state index contributed by atoms with van der Waals surface area (Å²) < 4.78 is 0. The number of hydrogen-bond donors (Lipinski definition) is 3. The number of nitrogens with zero attached hydrogens (tertiary/aromatic N) is 1. The monoisotopic (exact) mass is 186 g/mol. The maximum Gasteiger partial charge on any atom is 0.231 e. The molecule has 5 heteroatoms. The molecule has 1 aliphatic heterocycles. The number of primary amides is 1. The first kappa shape index (κ1) is 10.4. The van der Waals surface area contributed by atoms with Crippen LogP contribution >= 0.6 is 0 Å². The van der Waals surface area contributed by atoms with Gasteiger partial charge in [-0.15, -0.1) is 0 Å². The highest BCUT2D eigenvalue weighted by Crippen LogP contribution is 2.05. The molecule has 0 radical (unpaired) electrons. The van der Waals surface area contributed by atoms with Crippen molar-refractivity contribution in [3.05, 3.63) is 0 Å². The van der Waals surface area contributed by atoms with Crippen molar-refractivity contribution in [2.24, 2.45) is 11.5 Å². The predicted octanol–water partition coefficient (Wildman–Crippen LogP) is -1.91. The van der Waals surface area contributed by atoms with E-state index in [9.17, 15) is 4.79 Å². The number of piperazine rings is 1. The predicted molar refractivity (Wildman–Crippen MR) is 51.1 cm³/mol. The molecule has 0 spiro atoms. The maximum absolute atomic E-state index is 10.8. The minimum Gasteiger partial charge on any atom is -0.369 e. The summed E-state index contributed by atoms with van der Waals surface area (Å²) >= 11 is 0. The van der Waals surface area contributed by atoms with Crippen LogP contribution in [0.1, 0.15) is 6.92 Å². The van der Waals surface area contributed by atoms with Gasteiger partial charge in [-0.3, -0.25) is 9.69 Å². The average Bonchev–Trinajstić information content (AvgIpc) is 2.03. The third-order valence-corrected chi connectivity index (χ3v) is 2.36. The fraction of sp³-hybridized carbons (Fsp3) is 0.875. The van der Waals surface area contributed by atoms with Gasteiger partial charge in [0.2, 0.25) is 5.91 Å². The number of rotatable bonds is 3. The van der Waals surface area contributed by atoms with E-state index in [1.807, 2.05) is 11.8 Å². The molecule has 1 aliphatic rings. The first-order chi connectivity index (χ1) is 6.11. The fourth-order valence-electron chi connectivity index (χ4n) is 1.68. The zero-order chi connectivity index (χ0) is 9.84. The Labute approximate surface area is 78.4 Å². The smallest absolute Gasteiger partial charge is 0.231 e. The SMILES string of the molecule is CC(N)C1CNCCN1CC(N)=O. The van der Waals surface area contributed by atoms with Gasteiger partial charge in [-0.05, 0) is 6.92 Å². The summed E-state index contributed by atoms with van der Waals surface area (Å²) in [7, 11) is 0. The Balaban J connectivity index is 2.51. The van der Waals surface area contributed by atoms with Crippen molar-refractivity contribution >= 4 is 5.91 Å². The molecule has 0 aliphatic carbocycles. The van der Waals surface area contributed by atoms with Crippen LogP contribution in [-0.2, 0) is 4.79 Å². The first-order valence-electron chi connectivity index (χ1n) is 4.60. The maximum atomic E-state index is 10.8. The van der Waals surface area contributed by atoms with Crippen LogP contribution in [0.4, 0.5) is 0 Å². The summed E-state index contributed by atoms with van der Waals surface area (Å²) in [6.45, 7) is 4.84. The lowest BCUT2D eigenvalue weighted by molar-refractivity contribution is -0.120. The zero-order valence-corrected chi connectivity index (χ0v) is 7.99. The van der Waals surface area contributed by atoms with E-state index in [2.05, 4.69) is 5.32 Å². The molecular formula is C8H18N4O. The number of carbonyl (C=O) groups excluding carboxylic acids is 1. The molecular weight excluding hydrogens is 168 g/mol. The highest BCUT2D eigenvalue weighted by molar-refractivity contribution is 5.76. The highest BCUT2D eigenvalue weighted by atomic mass is 16.1. The number of hydrogen-bond acceptors (Lipinski definition) is 4. The van der Waals surface area contributed by atoms with Crippen molar-refractivity contribution in [1.82, 2.24) is 10.2 Å². The van der Waals surface area contributed by atoms with Gasteiger partial charge in [-0.1, -0.05) is 0 Å². The second-order valence-corrected chi connectivity index (χ2v) is 3.57. The fourth-order valence-corrected chi connectivity index (χ4v) is 1.68. The van der Waals surface area contributed by atoms with Gasteiger partial charge in [0.15, 0.2) is 0 Å². The number of nitrogens with one attached hydrogen (secondary N) is 1. The van der Waals surface area contributed by atoms with Crippen LogP contribution in [0.25, 0.3) is 0 Å². The lowest BCUT2D eigenvalue weighted by Gasteiger charge is -2.37. The molecule has 1 amide bonds. The summed E-state index contributed by atoms with van der Waals surface area (Å²) in [5, 5.41) is 3.25. The molecule has 1 rings (SSSR count). The molecule has 2 unspecified atom stereocenters. The van der Waals surface area contributed by atoms with E-state index in [4.69, 9.17) is 11.5 Å². The van der Waals surface area contributed by atoms with Gasteiger partial charge in [0, 0.05) is 31.7 Å². The van der Waals surface area contributed by atoms with Crippen molar-refractivity contribution in [3.63, 3.8) is 0 Å². The third kappa shape index (κ3) is 2.95. The van der Waals surface area contributed by atoms with Crippen LogP contribution in [0.5, 0.6) is 0 Å². The van der Waals surface area contributed by atoms with Crippen LogP contribution in [0, 0.1) is 0 Å². The standard InChI is InChI=1S/C8H18N4O/c1-6(9)7-4-11-2-3-12(7)5-8(10)13/h6-7,11H,2-5,9H2,1H3,(H2,10,13). The van der Waals surface area contributed by atoms with Gasteiger partial charge >= 0.3 is 0 Å². The Bertz CT molecular complexity index is 183. The van der Waals surface area contributed by atoms with E-state index in [1.165, 1.54) is 0 Å². The Hall–Kier alpha value is -0.650. The molecule has 0 aromatic rings. The lowest BCUT2D eigenvalue weighted by Crippen LogP contribution is -2.59. The molecule has 0 aromatic carbocycles. The lowest BCUT2D eigenvalue weighted by atomic mass is 10.1. The first-order valence-corrected chi connectivity index (χ1v) is 4.60. The molecule has 0 aromatic heterocycles. The van der Waals surface area contributed by atoms with E-state index in [0.29, 0.717) is 6.54 Å². The molecule has 1 fully saturated rings. The summed E-state index contributed by atoms with van der Waals surface area (Å²) in [5.74, 6) is -0.285. The Morgan fingerprint density at radius 3 is 3.00 bits per heavy atom. The van der Waals surface area contributed by atoms with Gasteiger partial charge in [0.05, 0.1) is 6.54 Å². The molecule has 76 valence electrons. The minimum absolute atomic E-state index is 0.0622. The topological polar surface area (TPSA) is 84.4 Å². The van der Waals surface area contributed by atoms with E-state index in [0.717, 1.165) is 19.6 Å². The van der Waals surface area contributed by atoms with Gasteiger partial charge < -0.3 is 16.8 Å². The molecule has 13 heavy (non-hydrogen) atoms. The van der Waals surface area contributed by atoms with E-state index >= 15 is 0 Å². The van der Waals surface area contributed by atoms with Crippen molar-refractivity contribution in [1.29, 1.82) is 0 Å². The number of nitrogens with two attached hydrogens (primary N) is 2. The van der Waals surface area contributed by atoms with Crippen LogP contribution in [0.2, 0.25) is 0 Å². The summed E-state index contributed by atoms with van der Waals surface area (Å²) in [5.41, 5.74) is 10.9. The Kier molecular flexibility index (Phi) is 3.65. The Morgan fingerprint density at radius 1 is 1.77 bits per heavy atom. The van der Waals surface area contributed by atoms with Crippen LogP contribution in [0.15, 0.2) is 0 Å². The average molecular weight is 186 g/mol. The third-order valence-electron chi connectivity index (χ3n) is 2.36. The molecule has 1 saturated heterocycles. The number of carbonyl (C=O) groups is 1. The summed E-state index contributed by atoms with van der Waals surface area (Å²) in [6, 6.07) is 0.286. The van der Waals surface area contributed by atoms with Gasteiger partial charge in [0.25, 0.3) is 0 Å². The molecule has 2 atom stereocenters. The number of amides is 1. The molecule has 0 saturated carbocycles. The molecule has 5 N–H and O–H groups in total. The van der Waals surface area contributed by atoms with Crippen molar-refractivity contribution in [3.8, 4) is 0 Å². The van der Waals surface area contributed by atoms with Crippen LogP contribution in [0.3, 0.4) is 0 Å². The largest absolute Gasteiger partial charge is 0.369 e. The second-order valence-electron chi connectivity index (χ2n) is 3.57. The Morgan fingerprint density at radius 2 is 2.46 bits per heavy atom. The second kappa shape index (κ2) is 4.55. The van der Waals surface area contributed by atoms with Gasteiger partial charge in [-0.25, -0.2) is 0 Å². The van der Waals surface area contributed by atoms with Gasteiger partial charge in [-0.2, -0.15) is 0 Å². The van der Waals surface area contributed by atoms with E-state index in [1.54, 1.807) is 0 Å². The van der Waals surface area contributed by atoms with Crippen LogP contribution < -0.4 is 16.8 Å². The van der Waals surface area contributed by atoms with E-state index in [-0.39, 0.29) is 18.0 Å².